The molecule has 0 radical (unpaired) electrons. The molecular formula is C27H35NO6. The third-order valence-corrected chi connectivity index (χ3v) is 6.13. The van der Waals surface area contributed by atoms with E-state index in [-0.39, 0.29) is 13.0 Å². The Morgan fingerprint density at radius 1 is 1.06 bits per heavy atom. The van der Waals surface area contributed by atoms with E-state index in [1.165, 1.54) is 0 Å². The number of hydrogen-bond donors (Lipinski definition) is 2. The molecule has 1 aliphatic rings. The van der Waals surface area contributed by atoms with Gasteiger partial charge in [0.2, 0.25) is 0 Å². The van der Waals surface area contributed by atoms with Crippen LogP contribution in [0.1, 0.15) is 51.2 Å². The molecule has 7 nitrogen and oxygen atoms in total. The van der Waals surface area contributed by atoms with Crippen LogP contribution in [-0.2, 0) is 32.0 Å². The van der Waals surface area contributed by atoms with Crippen LogP contribution in [0.4, 0.5) is 4.79 Å². The minimum absolute atomic E-state index is 0.00141. The zero-order valence-corrected chi connectivity index (χ0v) is 20.2. The maximum absolute atomic E-state index is 12.8. The maximum atomic E-state index is 12.8. The van der Waals surface area contributed by atoms with Crippen molar-refractivity contribution >= 4 is 12.1 Å². The van der Waals surface area contributed by atoms with Crippen molar-refractivity contribution in [3.05, 3.63) is 71.8 Å². The fourth-order valence-corrected chi connectivity index (χ4v) is 4.18. The number of nitrogens with one attached hydrogen (secondary N) is 1. The van der Waals surface area contributed by atoms with E-state index in [1.807, 2.05) is 67.6 Å². The Morgan fingerprint density at radius 3 is 2.29 bits per heavy atom. The van der Waals surface area contributed by atoms with Crippen LogP contribution in [0.15, 0.2) is 60.7 Å². The van der Waals surface area contributed by atoms with Crippen molar-refractivity contribution in [3.63, 3.8) is 0 Å². The van der Waals surface area contributed by atoms with Gasteiger partial charge in [-0.25, -0.2) is 4.79 Å². The average molecular weight is 470 g/mol. The first kappa shape index (κ1) is 25.7. The molecule has 184 valence electrons. The fraction of sp³-hybridized carbons (Fsp3) is 0.481. The van der Waals surface area contributed by atoms with Crippen molar-refractivity contribution in [2.45, 2.75) is 70.5 Å². The highest BCUT2D eigenvalue weighted by atomic mass is 16.7. The van der Waals surface area contributed by atoms with E-state index >= 15 is 0 Å². The molecule has 2 aromatic rings. The van der Waals surface area contributed by atoms with Crippen molar-refractivity contribution in [1.82, 2.24) is 5.32 Å². The molecule has 3 rings (SSSR count). The van der Waals surface area contributed by atoms with E-state index in [4.69, 9.17) is 14.2 Å². The van der Waals surface area contributed by atoms with Crippen LogP contribution in [0.25, 0.3) is 0 Å². The Labute approximate surface area is 201 Å². The quantitative estimate of drug-likeness (QED) is 0.396. The number of benzene rings is 2. The molecule has 7 heteroatoms. The normalized spacial score (nSPS) is 22.1. The molecule has 1 fully saturated rings. The van der Waals surface area contributed by atoms with Gasteiger partial charge in [-0.3, -0.25) is 4.79 Å². The number of ether oxygens (including phenoxy) is 3. The molecular weight excluding hydrogens is 434 g/mol. The Balaban J connectivity index is 1.74. The molecule has 1 amide bonds. The van der Waals surface area contributed by atoms with E-state index in [0.717, 1.165) is 24.0 Å². The van der Waals surface area contributed by atoms with Crippen LogP contribution < -0.4 is 5.32 Å². The second-order valence-corrected chi connectivity index (χ2v) is 9.28. The van der Waals surface area contributed by atoms with E-state index < -0.39 is 35.4 Å². The standard InChI is InChI=1S/C27H35NO6/c1-4-5-16-32-24(29)22-18-27(31,34-26(22,2)3)23(17-20-12-8-6-9-13-20)28-25(30)33-19-21-14-10-7-11-15-21/h6-15,22-23,31H,4-5,16-19H2,1-3H3,(H,28,30)/t22?,23-,27?/m0/s1. The summed E-state index contributed by atoms with van der Waals surface area (Å²) in [5, 5.41) is 14.4. The number of unbranched alkanes of at least 4 members (excludes halogenated alkanes) is 1. The topological polar surface area (TPSA) is 94.1 Å². The summed E-state index contributed by atoms with van der Waals surface area (Å²) in [5.74, 6) is -2.85. The molecule has 34 heavy (non-hydrogen) atoms. The molecule has 0 spiro atoms. The molecule has 0 saturated carbocycles. The highest BCUT2D eigenvalue weighted by Gasteiger charge is 2.57. The van der Waals surface area contributed by atoms with Gasteiger partial charge in [-0.1, -0.05) is 74.0 Å². The summed E-state index contributed by atoms with van der Waals surface area (Å²) in [7, 11) is 0. The monoisotopic (exact) mass is 469 g/mol. The molecule has 1 aliphatic heterocycles. The van der Waals surface area contributed by atoms with Crippen LogP contribution >= 0.6 is 0 Å². The van der Waals surface area contributed by atoms with E-state index in [1.54, 1.807) is 13.8 Å². The van der Waals surface area contributed by atoms with Crippen molar-refractivity contribution in [3.8, 4) is 0 Å². The molecule has 3 atom stereocenters. The number of aliphatic hydroxyl groups is 1. The zero-order valence-electron chi connectivity index (χ0n) is 20.2. The van der Waals surface area contributed by atoms with Gasteiger partial charge in [0.25, 0.3) is 0 Å². The summed E-state index contributed by atoms with van der Waals surface area (Å²) >= 11 is 0. The molecule has 2 unspecified atom stereocenters. The van der Waals surface area contributed by atoms with Gasteiger partial charge in [-0.05, 0) is 37.8 Å². The fourth-order valence-electron chi connectivity index (χ4n) is 4.18. The highest BCUT2D eigenvalue weighted by Crippen LogP contribution is 2.44. The highest BCUT2D eigenvalue weighted by molar-refractivity contribution is 5.74. The molecule has 2 N–H and O–H groups in total. The van der Waals surface area contributed by atoms with Gasteiger partial charge in [-0.2, -0.15) is 0 Å². The maximum Gasteiger partial charge on any atom is 0.407 e. The third-order valence-electron chi connectivity index (χ3n) is 6.13. The van der Waals surface area contributed by atoms with E-state index in [2.05, 4.69) is 5.32 Å². The Kier molecular flexibility index (Phi) is 8.69. The van der Waals surface area contributed by atoms with E-state index in [0.29, 0.717) is 13.0 Å². The molecule has 1 heterocycles. The summed E-state index contributed by atoms with van der Waals surface area (Å²) < 4.78 is 16.9. The molecule has 2 aromatic carbocycles. The SMILES string of the molecule is CCCCOC(=O)C1CC(O)([C@H](Cc2ccccc2)NC(=O)OCc2ccccc2)OC1(C)C. The summed E-state index contributed by atoms with van der Waals surface area (Å²) in [6, 6.07) is 18.0. The van der Waals surface area contributed by atoms with Crippen molar-refractivity contribution < 1.29 is 28.9 Å². The molecule has 0 bridgehead atoms. The lowest BCUT2D eigenvalue weighted by atomic mass is 9.86. The predicted octanol–water partition coefficient (Wildman–Crippen LogP) is 4.37. The Bertz CT molecular complexity index is 933. The number of alkyl carbamates (subject to hydrolysis) is 1. The van der Waals surface area contributed by atoms with Crippen LogP contribution in [-0.4, -0.2) is 41.2 Å². The Hall–Kier alpha value is -2.90. The second-order valence-electron chi connectivity index (χ2n) is 9.28. The van der Waals surface area contributed by atoms with Gasteiger partial charge >= 0.3 is 12.1 Å². The van der Waals surface area contributed by atoms with Gasteiger partial charge in [-0.15, -0.1) is 0 Å². The van der Waals surface area contributed by atoms with Crippen LogP contribution in [0.2, 0.25) is 0 Å². The lowest BCUT2D eigenvalue weighted by molar-refractivity contribution is -0.231. The predicted molar refractivity (Wildman–Crippen MR) is 128 cm³/mol. The summed E-state index contributed by atoms with van der Waals surface area (Å²) in [6.45, 7) is 5.96. The van der Waals surface area contributed by atoms with Crippen molar-refractivity contribution in [2.75, 3.05) is 6.61 Å². The lowest BCUT2D eigenvalue weighted by Crippen LogP contribution is -2.54. The first-order valence-electron chi connectivity index (χ1n) is 11.8. The molecule has 0 aromatic heterocycles. The first-order chi connectivity index (χ1) is 16.2. The minimum Gasteiger partial charge on any atom is -0.465 e. The minimum atomic E-state index is -1.78. The second kappa shape index (κ2) is 11.5. The first-order valence-corrected chi connectivity index (χ1v) is 11.8. The van der Waals surface area contributed by atoms with Gasteiger partial charge in [0, 0.05) is 6.42 Å². The average Bonchev–Trinajstić information content (AvgIpc) is 3.08. The van der Waals surface area contributed by atoms with Gasteiger partial charge in [0.1, 0.15) is 6.61 Å². The number of rotatable bonds is 10. The van der Waals surface area contributed by atoms with Crippen LogP contribution in [0.5, 0.6) is 0 Å². The van der Waals surface area contributed by atoms with Crippen molar-refractivity contribution in [1.29, 1.82) is 0 Å². The van der Waals surface area contributed by atoms with Gasteiger partial charge in [0.05, 0.1) is 24.2 Å². The summed E-state index contributed by atoms with van der Waals surface area (Å²) in [6.07, 6.45) is 1.31. The van der Waals surface area contributed by atoms with E-state index in [9.17, 15) is 14.7 Å². The Morgan fingerprint density at radius 2 is 1.68 bits per heavy atom. The summed E-state index contributed by atoms with van der Waals surface area (Å²) in [4.78, 5) is 25.4. The number of hydrogen-bond acceptors (Lipinski definition) is 6. The van der Waals surface area contributed by atoms with Gasteiger partial charge < -0.3 is 24.6 Å². The largest absolute Gasteiger partial charge is 0.465 e. The van der Waals surface area contributed by atoms with Crippen LogP contribution in [0.3, 0.4) is 0 Å². The zero-order chi connectivity index (χ0) is 24.6. The molecule has 1 saturated heterocycles. The van der Waals surface area contributed by atoms with Crippen LogP contribution in [0, 0.1) is 5.92 Å². The molecule has 0 aliphatic carbocycles. The lowest BCUT2D eigenvalue weighted by Gasteiger charge is -2.34. The van der Waals surface area contributed by atoms with Crippen molar-refractivity contribution in [2.24, 2.45) is 5.92 Å². The smallest absolute Gasteiger partial charge is 0.407 e. The number of carbonyl (C=O) groups is 2. The number of amides is 1. The third kappa shape index (κ3) is 6.81. The number of esters is 1. The van der Waals surface area contributed by atoms with Gasteiger partial charge in [0.15, 0.2) is 5.79 Å². The summed E-state index contributed by atoms with van der Waals surface area (Å²) in [5.41, 5.74) is 0.784. The number of carbonyl (C=O) groups excluding carboxylic acids is 2.